The number of carbonyl (C=O) groups is 2. The van der Waals surface area contributed by atoms with E-state index in [0.29, 0.717) is 17.5 Å². The zero-order valence-corrected chi connectivity index (χ0v) is 19.9. The fraction of sp³-hybridized carbons (Fsp3) is 0.208. The normalized spacial score (nSPS) is 11.9. The molecule has 9 nitrogen and oxygen atoms in total. The quantitative estimate of drug-likeness (QED) is 0.288. The number of rotatable bonds is 6. The number of nitrogens with two attached hydrogens (primary N) is 1. The number of nitrogens with zero attached hydrogens (tertiary/aromatic N) is 4. The second kappa shape index (κ2) is 9.92. The highest BCUT2D eigenvalue weighted by molar-refractivity contribution is 8.00. The number of urea groups is 1. The summed E-state index contributed by atoms with van der Waals surface area (Å²) < 4.78 is 1.36. The number of carbonyl (C=O) groups excluding carboxylic acids is 2. The molecule has 0 saturated heterocycles. The molecule has 4 aromatic rings. The van der Waals surface area contributed by atoms with Gasteiger partial charge in [-0.15, -0.1) is 10.2 Å². The number of nitrogens with one attached hydrogen (secondary N) is 2. The number of nitrogen functional groups attached to an aromatic ring is 1. The van der Waals surface area contributed by atoms with Gasteiger partial charge in [0.05, 0.1) is 16.5 Å². The van der Waals surface area contributed by atoms with E-state index in [1.165, 1.54) is 10.2 Å². The molecule has 0 fully saturated rings. The van der Waals surface area contributed by atoms with Crippen molar-refractivity contribution in [1.29, 1.82) is 0 Å². The molecular formula is C24H25N7O2S. The highest BCUT2D eigenvalue weighted by Crippen LogP contribution is 2.32. The minimum absolute atomic E-state index is 0.353. The number of hydrogen-bond acceptors (Lipinski definition) is 7. The number of fused-ring (bicyclic) bond motifs is 1. The summed E-state index contributed by atoms with van der Waals surface area (Å²) in [6, 6.07) is 17.3. The molecule has 3 amide bonds. The first-order valence-electron chi connectivity index (χ1n) is 10.8. The van der Waals surface area contributed by atoms with E-state index in [1.807, 2.05) is 61.5 Å². The number of pyridine rings is 1. The third-order valence-electron chi connectivity index (χ3n) is 5.19. The summed E-state index contributed by atoms with van der Waals surface area (Å²) in [6.07, 6.45) is 0. The summed E-state index contributed by atoms with van der Waals surface area (Å²) in [4.78, 5) is 28.8. The van der Waals surface area contributed by atoms with Crippen molar-refractivity contribution in [3.63, 3.8) is 0 Å². The monoisotopic (exact) mass is 475 g/mol. The molecule has 2 aromatic heterocycles. The molecule has 34 heavy (non-hydrogen) atoms. The topological polar surface area (TPSA) is 128 Å². The number of thioether (sulfide) groups is 1. The highest BCUT2D eigenvalue weighted by atomic mass is 32.2. The van der Waals surface area contributed by atoms with Crippen molar-refractivity contribution >= 4 is 34.6 Å². The van der Waals surface area contributed by atoms with Gasteiger partial charge in [-0.3, -0.25) is 10.1 Å². The lowest BCUT2D eigenvalue weighted by Gasteiger charge is -2.12. The Morgan fingerprint density at radius 2 is 1.85 bits per heavy atom. The van der Waals surface area contributed by atoms with Gasteiger partial charge in [0.1, 0.15) is 0 Å². The van der Waals surface area contributed by atoms with Crippen LogP contribution in [0.2, 0.25) is 0 Å². The van der Waals surface area contributed by atoms with Gasteiger partial charge in [-0.2, -0.15) is 0 Å². The molecule has 0 bridgehead atoms. The molecule has 4 N–H and O–H groups in total. The molecule has 0 saturated carbocycles. The smallest absolute Gasteiger partial charge is 0.321 e. The fourth-order valence-corrected chi connectivity index (χ4v) is 4.17. The molecule has 0 aliphatic carbocycles. The molecule has 4 rings (SSSR count). The molecule has 1 unspecified atom stereocenters. The van der Waals surface area contributed by atoms with Crippen LogP contribution < -0.4 is 16.5 Å². The van der Waals surface area contributed by atoms with Crippen molar-refractivity contribution in [3.05, 3.63) is 60.2 Å². The number of imide groups is 1. The van der Waals surface area contributed by atoms with E-state index < -0.39 is 17.2 Å². The molecular weight excluding hydrogens is 450 g/mol. The van der Waals surface area contributed by atoms with Crippen molar-refractivity contribution in [2.75, 3.05) is 12.4 Å². The van der Waals surface area contributed by atoms with Crippen molar-refractivity contribution < 1.29 is 9.59 Å². The lowest BCUT2D eigenvalue weighted by Crippen LogP contribution is -2.42. The van der Waals surface area contributed by atoms with Crippen LogP contribution in [0.4, 0.5) is 4.79 Å². The number of para-hydroxylation sites is 1. The van der Waals surface area contributed by atoms with Crippen LogP contribution in [0, 0.1) is 6.92 Å². The zero-order chi connectivity index (χ0) is 24.2. The van der Waals surface area contributed by atoms with Crippen LogP contribution in [0.15, 0.2) is 59.8 Å². The van der Waals surface area contributed by atoms with Crippen LogP contribution in [0.25, 0.3) is 33.5 Å². The highest BCUT2D eigenvalue weighted by Gasteiger charge is 2.22. The van der Waals surface area contributed by atoms with Crippen molar-refractivity contribution in [1.82, 2.24) is 30.5 Å². The van der Waals surface area contributed by atoms with Gasteiger partial charge in [0.15, 0.2) is 5.82 Å². The Morgan fingerprint density at radius 1 is 1.12 bits per heavy atom. The Kier molecular flexibility index (Phi) is 6.78. The van der Waals surface area contributed by atoms with Crippen LogP contribution in [0.5, 0.6) is 0 Å². The second-order valence-electron chi connectivity index (χ2n) is 7.72. The van der Waals surface area contributed by atoms with Crippen molar-refractivity contribution in [3.8, 4) is 22.6 Å². The van der Waals surface area contributed by atoms with Crippen LogP contribution in [-0.2, 0) is 4.79 Å². The van der Waals surface area contributed by atoms with E-state index in [9.17, 15) is 9.59 Å². The maximum atomic E-state index is 12.3. The van der Waals surface area contributed by atoms with Gasteiger partial charge in [0.25, 0.3) is 0 Å². The Morgan fingerprint density at radius 3 is 2.59 bits per heavy atom. The van der Waals surface area contributed by atoms with Gasteiger partial charge in [-0.1, -0.05) is 59.8 Å². The standard InChI is InChI=1S/C24H25N7O2S/c1-4-26-23(33)28-22(32)15(3)34-24-30-29-21(31(24)25)18-13-20(16-11-9-14(2)10-12-16)27-19-8-6-5-7-17(18)19/h5-13,15H,4,25H2,1-3H3,(H2,26,28,32,33). The van der Waals surface area contributed by atoms with E-state index >= 15 is 0 Å². The molecule has 0 aliphatic rings. The molecule has 174 valence electrons. The fourth-order valence-electron chi connectivity index (χ4n) is 3.40. The third kappa shape index (κ3) is 4.86. The summed E-state index contributed by atoms with van der Waals surface area (Å²) in [5, 5.41) is 14.0. The maximum absolute atomic E-state index is 12.3. The van der Waals surface area contributed by atoms with Gasteiger partial charge in [-0.05, 0) is 32.9 Å². The number of benzene rings is 2. The number of aryl methyl sites for hydroxylation is 1. The van der Waals surface area contributed by atoms with Crippen LogP contribution in [0.1, 0.15) is 19.4 Å². The van der Waals surface area contributed by atoms with Crippen LogP contribution in [-0.4, -0.2) is 43.6 Å². The van der Waals surface area contributed by atoms with E-state index in [0.717, 1.165) is 39.5 Å². The molecule has 10 heteroatoms. The summed E-state index contributed by atoms with van der Waals surface area (Å²) in [7, 11) is 0. The van der Waals surface area contributed by atoms with Gasteiger partial charge in [0.2, 0.25) is 11.1 Å². The minimum Gasteiger partial charge on any atom is -0.338 e. The minimum atomic E-state index is -0.612. The summed E-state index contributed by atoms with van der Waals surface area (Å²) in [5.41, 5.74) is 4.52. The average Bonchev–Trinajstić information content (AvgIpc) is 3.18. The maximum Gasteiger partial charge on any atom is 0.321 e. The van der Waals surface area contributed by atoms with Gasteiger partial charge in [-0.25, -0.2) is 14.5 Å². The lowest BCUT2D eigenvalue weighted by molar-refractivity contribution is -0.119. The number of hydrogen-bond donors (Lipinski definition) is 3. The largest absolute Gasteiger partial charge is 0.338 e. The number of aromatic nitrogens is 4. The Hall–Kier alpha value is -3.92. The predicted molar refractivity (Wildman–Crippen MR) is 134 cm³/mol. The first-order valence-corrected chi connectivity index (χ1v) is 11.7. The molecule has 2 aromatic carbocycles. The Balaban J connectivity index is 1.68. The van der Waals surface area contributed by atoms with E-state index in [1.54, 1.807) is 13.8 Å². The number of amides is 3. The Labute approximate surface area is 201 Å². The van der Waals surface area contributed by atoms with Crippen molar-refractivity contribution in [2.24, 2.45) is 0 Å². The molecule has 0 radical (unpaired) electrons. The first kappa shape index (κ1) is 23.2. The Bertz CT molecular complexity index is 1350. The summed E-state index contributed by atoms with van der Waals surface area (Å²) in [5.74, 6) is 6.37. The predicted octanol–water partition coefficient (Wildman–Crippen LogP) is 3.51. The van der Waals surface area contributed by atoms with Gasteiger partial charge >= 0.3 is 6.03 Å². The average molecular weight is 476 g/mol. The van der Waals surface area contributed by atoms with E-state index in [-0.39, 0.29) is 0 Å². The van der Waals surface area contributed by atoms with Gasteiger partial charge < -0.3 is 11.2 Å². The molecule has 2 heterocycles. The van der Waals surface area contributed by atoms with E-state index in [2.05, 4.69) is 20.8 Å². The first-order chi connectivity index (χ1) is 16.4. The van der Waals surface area contributed by atoms with Crippen LogP contribution >= 0.6 is 11.8 Å². The molecule has 0 spiro atoms. The summed E-state index contributed by atoms with van der Waals surface area (Å²) >= 11 is 1.12. The van der Waals surface area contributed by atoms with Crippen LogP contribution in [0.3, 0.4) is 0 Å². The molecule has 1 atom stereocenters. The lowest BCUT2D eigenvalue weighted by atomic mass is 10.0. The molecule has 0 aliphatic heterocycles. The second-order valence-corrected chi connectivity index (χ2v) is 9.03. The van der Waals surface area contributed by atoms with E-state index in [4.69, 9.17) is 10.8 Å². The van der Waals surface area contributed by atoms with Crippen molar-refractivity contribution in [2.45, 2.75) is 31.2 Å². The zero-order valence-electron chi connectivity index (χ0n) is 19.1. The SMILES string of the molecule is CCNC(=O)NC(=O)C(C)Sc1nnc(-c2cc(-c3ccc(C)cc3)nc3ccccc23)n1N. The third-order valence-corrected chi connectivity index (χ3v) is 6.25. The van der Waals surface area contributed by atoms with Gasteiger partial charge in [0, 0.05) is 23.1 Å². The summed E-state index contributed by atoms with van der Waals surface area (Å²) in [6.45, 7) is 5.90.